The van der Waals surface area contributed by atoms with E-state index in [1.807, 2.05) is 17.6 Å². The number of thiophene rings is 1. The summed E-state index contributed by atoms with van der Waals surface area (Å²) >= 11 is 1.35. The highest BCUT2D eigenvalue weighted by Crippen LogP contribution is 2.39. The second kappa shape index (κ2) is 6.97. The molecule has 4 heterocycles. The molecule has 1 atom stereocenters. The van der Waals surface area contributed by atoms with Gasteiger partial charge in [-0.3, -0.25) is 14.2 Å². The average molecular weight is 396 g/mol. The minimum atomic E-state index is -0.181. The molecule has 8 nitrogen and oxygen atoms in total. The molecular formula is C19H20N6O2S. The van der Waals surface area contributed by atoms with Gasteiger partial charge in [0.15, 0.2) is 0 Å². The van der Waals surface area contributed by atoms with Crippen LogP contribution in [0.1, 0.15) is 30.9 Å². The number of hydrogen-bond acceptors (Lipinski definition) is 7. The van der Waals surface area contributed by atoms with Gasteiger partial charge in [-0.15, -0.1) is 11.3 Å². The van der Waals surface area contributed by atoms with Gasteiger partial charge < -0.3 is 10.2 Å². The lowest BCUT2D eigenvalue weighted by atomic mass is 10.2. The highest BCUT2D eigenvalue weighted by molar-refractivity contribution is 7.17. The minimum absolute atomic E-state index is 0.0230. The van der Waals surface area contributed by atoms with E-state index in [2.05, 4.69) is 25.2 Å². The molecule has 1 N–H and O–H groups in total. The van der Waals surface area contributed by atoms with Gasteiger partial charge in [0.1, 0.15) is 11.2 Å². The number of nitrogens with one attached hydrogen (secondary N) is 1. The standard InChI is InChI=1S/C19H20N6O2S/c26-16(10-25-11-21-15-5-8-28-17(15)18(25)27)22-13-4-7-24(9-13)19-20-6-3-14(23-19)12-1-2-12/h3,5-6,8,11-13H,1-2,4,7,9-10H2,(H,22,26). The van der Waals surface area contributed by atoms with Crippen LogP contribution in [0.4, 0.5) is 5.95 Å². The highest BCUT2D eigenvalue weighted by atomic mass is 32.1. The fraction of sp³-hybridized carbons (Fsp3) is 0.421. The van der Waals surface area contributed by atoms with Gasteiger partial charge in [-0.2, -0.15) is 0 Å². The molecule has 3 aromatic heterocycles. The van der Waals surface area contributed by atoms with Crippen LogP contribution in [0.3, 0.4) is 0 Å². The maximum absolute atomic E-state index is 12.4. The number of amides is 1. The van der Waals surface area contributed by atoms with E-state index in [-0.39, 0.29) is 24.1 Å². The van der Waals surface area contributed by atoms with Gasteiger partial charge in [0, 0.05) is 36.9 Å². The molecule has 9 heteroatoms. The lowest BCUT2D eigenvalue weighted by Crippen LogP contribution is -2.40. The molecular weight excluding hydrogens is 376 g/mol. The van der Waals surface area contributed by atoms with Crippen LogP contribution < -0.4 is 15.8 Å². The van der Waals surface area contributed by atoms with E-state index in [1.165, 1.54) is 35.1 Å². The van der Waals surface area contributed by atoms with Crippen LogP contribution in [0.25, 0.3) is 10.2 Å². The quantitative estimate of drug-likeness (QED) is 0.703. The fourth-order valence-electron chi connectivity index (χ4n) is 3.60. The smallest absolute Gasteiger partial charge is 0.271 e. The largest absolute Gasteiger partial charge is 0.350 e. The van der Waals surface area contributed by atoms with Crippen molar-refractivity contribution in [3.8, 4) is 0 Å². The van der Waals surface area contributed by atoms with Crippen LogP contribution in [-0.2, 0) is 11.3 Å². The zero-order valence-corrected chi connectivity index (χ0v) is 16.1. The van der Waals surface area contributed by atoms with Crippen LogP contribution in [0, 0.1) is 0 Å². The van der Waals surface area contributed by atoms with Crippen molar-refractivity contribution in [2.24, 2.45) is 0 Å². The Morgan fingerprint density at radius 3 is 3.00 bits per heavy atom. The van der Waals surface area contributed by atoms with E-state index in [0.29, 0.717) is 22.7 Å². The van der Waals surface area contributed by atoms with Crippen LogP contribution in [0.2, 0.25) is 0 Å². The molecule has 3 aromatic rings. The second-order valence-corrected chi connectivity index (χ2v) is 8.28. The maximum Gasteiger partial charge on any atom is 0.271 e. The molecule has 0 aromatic carbocycles. The molecule has 0 spiro atoms. The summed E-state index contributed by atoms with van der Waals surface area (Å²) in [4.78, 5) is 40.3. The third-order valence-electron chi connectivity index (χ3n) is 5.25. The number of anilines is 1. The first-order valence-electron chi connectivity index (χ1n) is 9.47. The van der Waals surface area contributed by atoms with Crippen molar-refractivity contribution in [1.82, 2.24) is 24.8 Å². The molecule has 1 saturated carbocycles. The molecule has 1 saturated heterocycles. The summed E-state index contributed by atoms with van der Waals surface area (Å²) in [5.41, 5.74) is 1.62. The number of hydrogen-bond donors (Lipinski definition) is 1. The Balaban J connectivity index is 1.22. The molecule has 1 unspecified atom stereocenters. The van der Waals surface area contributed by atoms with E-state index >= 15 is 0 Å². The van der Waals surface area contributed by atoms with Crippen molar-refractivity contribution in [2.45, 2.75) is 37.8 Å². The molecule has 1 aliphatic carbocycles. The number of carbonyl (C=O) groups is 1. The molecule has 2 aliphatic rings. The Bertz CT molecular complexity index is 1090. The number of fused-ring (bicyclic) bond motifs is 1. The van der Waals surface area contributed by atoms with Crippen molar-refractivity contribution in [3.05, 3.63) is 46.1 Å². The first-order valence-corrected chi connectivity index (χ1v) is 10.4. The SMILES string of the molecule is O=C(Cn1cnc2ccsc2c1=O)NC1CCN(c2nccc(C3CC3)n2)C1. The molecule has 144 valence electrons. The van der Waals surface area contributed by atoms with Gasteiger partial charge in [-0.1, -0.05) is 0 Å². The Kier molecular flexibility index (Phi) is 4.31. The molecule has 0 radical (unpaired) electrons. The summed E-state index contributed by atoms with van der Waals surface area (Å²) in [6.07, 6.45) is 6.51. The van der Waals surface area contributed by atoms with Gasteiger partial charge in [-0.25, -0.2) is 15.0 Å². The third-order valence-corrected chi connectivity index (χ3v) is 6.14. The van der Waals surface area contributed by atoms with Gasteiger partial charge in [-0.05, 0) is 36.8 Å². The Morgan fingerprint density at radius 1 is 1.25 bits per heavy atom. The summed E-state index contributed by atoms with van der Waals surface area (Å²) in [5.74, 6) is 1.15. The van der Waals surface area contributed by atoms with Gasteiger partial charge in [0.05, 0.1) is 11.8 Å². The van der Waals surface area contributed by atoms with Gasteiger partial charge >= 0.3 is 0 Å². The predicted molar refractivity (Wildman–Crippen MR) is 107 cm³/mol. The molecule has 0 bridgehead atoms. The van der Waals surface area contributed by atoms with Crippen LogP contribution in [-0.4, -0.2) is 44.6 Å². The average Bonchev–Trinajstić information content (AvgIpc) is 3.26. The highest BCUT2D eigenvalue weighted by Gasteiger charge is 2.29. The minimum Gasteiger partial charge on any atom is -0.350 e. The Labute approximate surface area is 165 Å². The monoisotopic (exact) mass is 396 g/mol. The lowest BCUT2D eigenvalue weighted by Gasteiger charge is -2.17. The van der Waals surface area contributed by atoms with E-state index in [9.17, 15) is 9.59 Å². The number of rotatable bonds is 5. The van der Waals surface area contributed by atoms with Crippen LogP contribution in [0.15, 0.2) is 34.8 Å². The lowest BCUT2D eigenvalue weighted by molar-refractivity contribution is -0.122. The van der Waals surface area contributed by atoms with Crippen molar-refractivity contribution in [2.75, 3.05) is 18.0 Å². The summed E-state index contributed by atoms with van der Waals surface area (Å²) in [5, 5.41) is 4.86. The van der Waals surface area contributed by atoms with Crippen molar-refractivity contribution >= 4 is 33.4 Å². The maximum atomic E-state index is 12.4. The van der Waals surface area contributed by atoms with E-state index in [4.69, 9.17) is 0 Å². The first kappa shape index (κ1) is 17.3. The first-order chi connectivity index (χ1) is 13.7. The fourth-order valence-corrected chi connectivity index (χ4v) is 4.39. The van der Waals surface area contributed by atoms with E-state index < -0.39 is 0 Å². The molecule has 2 fully saturated rings. The van der Waals surface area contributed by atoms with Crippen molar-refractivity contribution in [3.63, 3.8) is 0 Å². The molecule has 1 amide bonds. The zero-order chi connectivity index (χ0) is 19.1. The van der Waals surface area contributed by atoms with E-state index in [0.717, 1.165) is 24.6 Å². The van der Waals surface area contributed by atoms with Crippen molar-refractivity contribution in [1.29, 1.82) is 0 Å². The number of aromatic nitrogens is 4. The molecule has 1 aliphatic heterocycles. The Morgan fingerprint density at radius 2 is 2.14 bits per heavy atom. The molecule has 5 rings (SSSR count). The van der Waals surface area contributed by atoms with Crippen LogP contribution >= 0.6 is 11.3 Å². The third kappa shape index (κ3) is 3.37. The predicted octanol–water partition coefficient (Wildman–Crippen LogP) is 1.52. The van der Waals surface area contributed by atoms with Gasteiger partial charge in [0.25, 0.3) is 5.56 Å². The van der Waals surface area contributed by atoms with E-state index in [1.54, 1.807) is 6.07 Å². The summed E-state index contributed by atoms with van der Waals surface area (Å²) < 4.78 is 1.94. The summed E-state index contributed by atoms with van der Waals surface area (Å²) in [6.45, 7) is 1.46. The second-order valence-electron chi connectivity index (χ2n) is 7.37. The topological polar surface area (TPSA) is 93.0 Å². The van der Waals surface area contributed by atoms with Crippen molar-refractivity contribution < 1.29 is 4.79 Å². The normalized spacial score (nSPS) is 19.3. The summed E-state index contributed by atoms with van der Waals surface area (Å²) in [7, 11) is 0. The number of carbonyl (C=O) groups excluding carboxylic acids is 1. The summed E-state index contributed by atoms with van der Waals surface area (Å²) in [6, 6.07) is 3.82. The zero-order valence-electron chi connectivity index (χ0n) is 15.2. The number of nitrogens with zero attached hydrogens (tertiary/aromatic N) is 5. The van der Waals surface area contributed by atoms with Crippen LogP contribution in [0.5, 0.6) is 0 Å². The molecule has 28 heavy (non-hydrogen) atoms. The van der Waals surface area contributed by atoms with Gasteiger partial charge in [0.2, 0.25) is 11.9 Å². The Hall–Kier alpha value is -2.81.